The third kappa shape index (κ3) is 3.06. The summed E-state index contributed by atoms with van der Waals surface area (Å²) in [5.74, 6) is -0.719. The van der Waals surface area contributed by atoms with Crippen molar-refractivity contribution in [2.45, 2.75) is 26.3 Å². The fraction of sp³-hybridized carbons (Fsp3) is 0.667. The highest BCUT2D eigenvalue weighted by atomic mass is 16.2. The van der Waals surface area contributed by atoms with E-state index in [-0.39, 0.29) is 5.91 Å². The van der Waals surface area contributed by atoms with Crippen molar-refractivity contribution in [2.24, 2.45) is 5.73 Å². The van der Waals surface area contributed by atoms with Crippen molar-refractivity contribution in [1.82, 2.24) is 5.32 Å². The van der Waals surface area contributed by atoms with Crippen molar-refractivity contribution in [3.63, 3.8) is 0 Å². The number of carbonyl (C=O) groups excluding carboxylic acids is 2. The minimum absolute atomic E-state index is 0.231. The number of hydrogen-bond donors (Lipinski definition) is 2. The molecule has 0 fully saturated rings. The Morgan fingerprint density at radius 1 is 1.60 bits per heavy atom. The summed E-state index contributed by atoms with van der Waals surface area (Å²) < 4.78 is 0. The predicted molar refractivity (Wildman–Crippen MR) is 37.1 cm³/mol. The van der Waals surface area contributed by atoms with Gasteiger partial charge in [-0.3, -0.25) is 9.59 Å². The Bertz CT molecular complexity index is 145. The topological polar surface area (TPSA) is 72.2 Å². The number of nitrogens with one attached hydrogen (secondary N) is 1. The van der Waals surface area contributed by atoms with E-state index in [0.29, 0.717) is 6.42 Å². The molecule has 4 heteroatoms. The lowest BCUT2D eigenvalue weighted by Gasteiger charge is -2.10. The molecule has 0 saturated heterocycles. The van der Waals surface area contributed by atoms with Crippen LogP contribution < -0.4 is 11.1 Å². The molecule has 0 spiro atoms. The van der Waals surface area contributed by atoms with Gasteiger partial charge in [0.1, 0.15) is 6.04 Å². The summed E-state index contributed by atoms with van der Waals surface area (Å²) in [6.45, 7) is 3.14. The lowest BCUT2D eigenvalue weighted by molar-refractivity contribution is -0.126. The van der Waals surface area contributed by atoms with E-state index in [1.807, 2.05) is 0 Å². The second-order valence-corrected chi connectivity index (χ2v) is 2.06. The molecule has 58 valence electrons. The minimum Gasteiger partial charge on any atom is -0.368 e. The van der Waals surface area contributed by atoms with Gasteiger partial charge in [0.2, 0.25) is 11.8 Å². The van der Waals surface area contributed by atoms with Crippen LogP contribution in [0.3, 0.4) is 0 Å². The molecule has 0 bridgehead atoms. The molecule has 1 atom stereocenters. The van der Waals surface area contributed by atoms with Crippen LogP contribution in [0, 0.1) is 0 Å². The summed E-state index contributed by atoms with van der Waals surface area (Å²) in [6, 6.07) is -0.516. The summed E-state index contributed by atoms with van der Waals surface area (Å²) in [4.78, 5) is 20.9. The predicted octanol–water partition coefficient (Wildman–Crippen LogP) is -0.614. The van der Waals surface area contributed by atoms with Crippen molar-refractivity contribution >= 4 is 11.8 Å². The fourth-order valence-corrected chi connectivity index (χ4v) is 0.620. The number of carbonyl (C=O) groups is 2. The van der Waals surface area contributed by atoms with Crippen molar-refractivity contribution < 1.29 is 9.59 Å². The van der Waals surface area contributed by atoms with E-state index in [9.17, 15) is 9.59 Å². The number of nitrogens with two attached hydrogens (primary N) is 1. The van der Waals surface area contributed by atoms with Gasteiger partial charge < -0.3 is 11.1 Å². The van der Waals surface area contributed by atoms with Gasteiger partial charge in [0.15, 0.2) is 0 Å². The van der Waals surface area contributed by atoms with Crippen molar-refractivity contribution in [3.05, 3.63) is 0 Å². The molecule has 3 N–H and O–H groups in total. The number of hydrogen-bond acceptors (Lipinski definition) is 2. The van der Waals surface area contributed by atoms with Crippen molar-refractivity contribution in [1.29, 1.82) is 0 Å². The fourth-order valence-electron chi connectivity index (χ4n) is 0.620. The van der Waals surface area contributed by atoms with E-state index in [4.69, 9.17) is 5.73 Å². The van der Waals surface area contributed by atoms with Crippen LogP contribution in [0.15, 0.2) is 0 Å². The summed E-state index contributed by atoms with van der Waals surface area (Å²) in [7, 11) is 0. The van der Waals surface area contributed by atoms with Crippen LogP contribution in [-0.2, 0) is 9.59 Å². The molecule has 0 aromatic carbocycles. The van der Waals surface area contributed by atoms with Crippen LogP contribution in [0.25, 0.3) is 0 Å². The summed E-state index contributed by atoms with van der Waals surface area (Å²) in [5, 5.41) is 2.42. The quantitative estimate of drug-likeness (QED) is 0.554. The molecule has 0 aliphatic carbocycles. The first-order valence-corrected chi connectivity index (χ1v) is 3.14. The van der Waals surface area contributed by atoms with Gasteiger partial charge in [0.05, 0.1) is 0 Å². The highest BCUT2D eigenvalue weighted by Gasteiger charge is 2.12. The molecular weight excluding hydrogens is 132 g/mol. The Morgan fingerprint density at radius 3 is 2.20 bits per heavy atom. The van der Waals surface area contributed by atoms with Crippen LogP contribution in [0.1, 0.15) is 20.3 Å². The average Bonchev–Trinajstić information content (AvgIpc) is 1.81. The lowest BCUT2D eigenvalue weighted by atomic mass is 10.2. The first-order chi connectivity index (χ1) is 4.57. The maximum absolute atomic E-state index is 10.5. The van der Waals surface area contributed by atoms with E-state index in [1.54, 1.807) is 6.92 Å². The van der Waals surface area contributed by atoms with Gasteiger partial charge in [-0.15, -0.1) is 0 Å². The number of primary amides is 1. The molecule has 0 heterocycles. The van der Waals surface area contributed by atoms with Crippen LogP contribution in [0.2, 0.25) is 0 Å². The maximum Gasteiger partial charge on any atom is 0.239 e. The van der Waals surface area contributed by atoms with Crippen LogP contribution in [0.5, 0.6) is 0 Å². The zero-order valence-electron chi connectivity index (χ0n) is 6.18. The molecule has 0 radical (unpaired) electrons. The summed E-state index contributed by atoms with van der Waals surface area (Å²) in [6.07, 6.45) is 0.537. The van der Waals surface area contributed by atoms with Crippen molar-refractivity contribution in [3.8, 4) is 0 Å². The van der Waals surface area contributed by atoms with Crippen LogP contribution >= 0.6 is 0 Å². The monoisotopic (exact) mass is 144 g/mol. The smallest absolute Gasteiger partial charge is 0.239 e. The first kappa shape index (κ1) is 8.94. The molecule has 4 nitrogen and oxygen atoms in total. The van der Waals surface area contributed by atoms with Crippen molar-refractivity contribution in [2.75, 3.05) is 0 Å². The number of rotatable bonds is 3. The molecule has 2 amide bonds. The zero-order valence-corrected chi connectivity index (χ0v) is 6.18. The third-order valence-corrected chi connectivity index (χ3v) is 1.13. The molecule has 0 aromatic heterocycles. The standard InChI is InChI=1S/C6H12N2O2/c1-3-5(6(7)10)8-4(2)9/h5H,3H2,1-2H3,(H2,7,10)(H,8,9). The van der Waals surface area contributed by atoms with E-state index in [1.165, 1.54) is 6.92 Å². The molecular formula is C6H12N2O2. The van der Waals surface area contributed by atoms with Gasteiger partial charge in [-0.1, -0.05) is 6.92 Å². The highest BCUT2D eigenvalue weighted by molar-refractivity contribution is 5.85. The van der Waals surface area contributed by atoms with Gasteiger partial charge in [-0.2, -0.15) is 0 Å². The van der Waals surface area contributed by atoms with Crippen LogP contribution in [0.4, 0.5) is 0 Å². The molecule has 10 heavy (non-hydrogen) atoms. The molecule has 0 saturated carbocycles. The summed E-state index contributed by atoms with van der Waals surface area (Å²) in [5.41, 5.74) is 4.94. The van der Waals surface area contributed by atoms with Gasteiger partial charge in [0.25, 0.3) is 0 Å². The lowest BCUT2D eigenvalue weighted by Crippen LogP contribution is -2.42. The molecule has 0 aliphatic heterocycles. The second-order valence-electron chi connectivity index (χ2n) is 2.06. The zero-order chi connectivity index (χ0) is 8.15. The largest absolute Gasteiger partial charge is 0.368 e. The highest BCUT2D eigenvalue weighted by Crippen LogP contribution is 1.87. The van der Waals surface area contributed by atoms with Gasteiger partial charge in [0, 0.05) is 6.92 Å². The van der Waals surface area contributed by atoms with E-state index < -0.39 is 11.9 Å². The van der Waals surface area contributed by atoms with Gasteiger partial charge in [-0.25, -0.2) is 0 Å². The molecule has 0 aliphatic rings. The van der Waals surface area contributed by atoms with E-state index in [2.05, 4.69) is 5.32 Å². The van der Waals surface area contributed by atoms with Gasteiger partial charge in [-0.05, 0) is 6.42 Å². The Kier molecular flexibility index (Phi) is 3.46. The normalized spacial score (nSPS) is 12.2. The Morgan fingerprint density at radius 2 is 2.10 bits per heavy atom. The third-order valence-electron chi connectivity index (χ3n) is 1.13. The average molecular weight is 144 g/mol. The Balaban J connectivity index is 3.83. The summed E-state index contributed by atoms with van der Waals surface area (Å²) >= 11 is 0. The van der Waals surface area contributed by atoms with Crippen LogP contribution in [-0.4, -0.2) is 17.9 Å². The Hall–Kier alpha value is -1.06. The minimum atomic E-state index is -0.516. The van der Waals surface area contributed by atoms with E-state index in [0.717, 1.165) is 0 Å². The molecule has 0 rings (SSSR count). The molecule has 1 unspecified atom stereocenters. The Labute approximate surface area is 59.8 Å². The van der Waals surface area contributed by atoms with Gasteiger partial charge >= 0.3 is 0 Å². The number of amides is 2. The first-order valence-electron chi connectivity index (χ1n) is 3.14. The molecule has 0 aromatic rings. The SMILES string of the molecule is CCC(NC(C)=O)C(N)=O. The van der Waals surface area contributed by atoms with E-state index >= 15 is 0 Å². The maximum atomic E-state index is 10.5. The second kappa shape index (κ2) is 3.87.